The van der Waals surface area contributed by atoms with Crippen LogP contribution in [0.1, 0.15) is 51.9 Å². The van der Waals surface area contributed by atoms with Crippen molar-refractivity contribution in [2.75, 3.05) is 0 Å². The van der Waals surface area contributed by atoms with E-state index in [4.69, 9.17) is 0 Å². The van der Waals surface area contributed by atoms with Crippen LogP contribution in [0.15, 0.2) is 78.9 Å². The molecule has 0 bridgehead atoms. The number of carbonyl (C=O) groups excluding carboxylic acids is 1. The molecule has 0 amide bonds. The number of rotatable bonds is 5. The van der Waals surface area contributed by atoms with Crippen molar-refractivity contribution in [3.63, 3.8) is 0 Å². The smallest absolute Gasteiger partial charge is 0.159 e. The molecule has 0 fully saturated rings. The van der Waals surface area contributed by atoms with Gasteiger partial charge >= 0.3 is 0 Å². The van der Waals surface area contributed by atoms with Crippen molar-refractivity contribution in [1.82, 2.24) is 0 Å². The molecule has 0 aliphatic heterocycles. The quantitative estimate of drug-likeness (QED) is 0.509. The molecule has 26 heavy (non-hydrogen) atoms. The summed E-state index contributed by atoms with van der Waals surface area (Å²) in [7, 11) is 0. The molecule has 4 rings (SSSR count). The van der Waals surface area contributed by atoms with Crippen LogP contribution in [0, 0.1) is 0 Å². The highest BCUT2D eigenvalue weighted by molar-refractivity contribution is 5.97. The summed E-state index contributed by atoms with van der Waals surface area (Å²) < 4.78 is 0. The van der Waals surface area contributed by atoms with Crippen molar-refractivity contribution in [3.8, 4) is 0 Å². The predicted molar refractivity (Wildman–Crippen MR) is 108 cm³/mol. The van der Waals surface area contributed by atoms with Gasteiger partial charge in [-0.15, -0.1) is 0 Å². The number of benzene rings is 3. The molecule has 0 saturated carbocycles. The van der Waals surface area contributed by atoms with Crippen LogP contribution in [0.2, 0.25) is 0 Å². The summed E-state index contributed by atoms with van der Waals surface area (Å²) in [5.41, 5.74) is 7.31. The van der Waals surface area contributed by atoms with Gasteiger partial charge in [0.1, 0.15) is 0 Å². The molecular weight excluding hydrogens is 316 g/mol. The highest BCUT2D eigenvalue weighted by atomic mass is 16.1. The Bertz CT molecular complexity index is 952. The zero-order chi connectivity index (χ0) is 17.9. The molecule has 1 unspecified atom stereocenters. The summed E-state index contributed by atoms with van der Waals surface area (Å²) in [5, 5.41) is 0. The van der Waals surface area contributed by atoms with Gasteiger partial charge in [0.15, 0.2) is 5.78 Å². The summed E-state index contributed by atoms with van der Waals surface area (Å²) >= 11 is 0. The molecule has 0 N–H and O–H groups in total. The van der Waals surface area contributed by atoms with E-state index in [1.54, 1.807) is 6.92 Å². The lowest BCUT2D eigenvalue weighted by Crippen LogP contribution is -2.03. The fourth-order valence-electron chi connectivity index (χ4n) is 3.84. The highest BCUT2D eigenvalue weighted by Crippen LogP contribution is 2.44. The maximum Gasteiger partial charge on any atom is 0.159 e. The van der Waals surface area contributed by atoms with Gasteiger partial charge in [0.25, 0.3) is 0 Å². The SMILES string of the molecule is CC(=O)c1ccc2c(c1)C(CCc1ccccc1)C(c1ccccc1)=C2. The van der Waals surface area contributed by atoms with Crippen LogP contribution in [0.5, 0.6) is 0 Å². The van der Waals surface area contributed by atoms with E-state index < -0.39 is 0 Å². The molecular formula is C25H22O. The van der Waals surface area contributed by atoms with Crippen LogP contribution in [0.25, 0.3) is 11.6 Å². The molecule has 1 atom stereocenters. The zero-order valence-electron chi connectivity index (χ0n) is 15.0. The summed E-state index contributed by atoms with van der Waals surface area (Å²) in [6, 6.07) is 27.4. The molecule has 1 aliphatic rings. The molecule has 0 saturated heterocycles. The first-order chi connectivity index (χ1) is 12.7. The van der Waals surface area contributed by atoms with E-state index in [0.29, 0.717) is 5.92 Å². The van der Waals surface area contributed by atoms with E-state index in [-0.39, 0.29) is 5.78 Å². The van der Waals surface area contributed by atoms with Crippen molar-refractivity contribution < 1.29 is 4.79 Å². The van der Waals surface area contributed by atoms with E-state index in [2.05, 4.69) is 78.9 Å². The van der Waals surface area contributed by atoms with Gasteiger partial charge in [-0.3, -0.25) is 4.79 Å². The van der Waals surface area contributed by atoms with E-state index in [0.717, 1.165) is 18.4 Å². The monoisotopic (exact) mass is 338 g/mol. The molecule has 1 nitrogen and oxygen atoms in total. The molecule has 0 heterocycles. The van der Waals surface area contributed by atoms with Crippen LogP contribution in [-0.2, 0) is 6.42 Å². The Balaban J connectivity index is 1.70. The minimum atomic E-state index is 0.128. The second-order valence-electron chi connectivity index (χ2n) is 6.94. The first-order valence-electron chi connectivity index (χ1n) is 9.18. The van der Waals surface area contributed by atoms with Gasteiger partial charge in [0.05, 0.1) is 0 Å². The molecule has 0 radical (unpaired) electrons. The highest BCUT2D eigenvalue weighted by Gasteiger charge is 2.26. The van der Waals surface area contributed by atoms with Gasteiger partial charge in [-0.05, 0) is 53.7 Å². The molecule has 0 spiro atoms. The predicted octanol–water partition coefficient (Wildman–Crippen LogP) is 6.16. The Hall–Kier alpha value is -2.93. The average Bonchev–Trinajstić information content (AvgIpc) is 3.05. The fraction of sp³-hybridized carbons (Fsp3) is 0.160. The Morgan fingerprint density at radius 1 is 0.885 bits per heavy atom. The van der Waals surface area contributed by atoms with Crippen LogP contribution in [0.4, 0.5) is 0 Å². The summed E-state index contributed by atoms with van der Waals surface area (Å²) in [6.45, 7) is 1.64. The largest absolute Gasteiger partial charge is 0.295 e. The molecule has 3 aromatic carbocycles. The standard InChI is InChI=1S/C25H22O/c1-18(26)21-13-14-22-17-24(20-10-6-3-7-11-20)23(25(22)16-21)15-12-19-8-4-2-5-9-19/h2-11,13-14,16-17,23H,12,15H2,1H3. The topological polar surface area (TPSA) is 17.1 Å². The number of ketones is 1. The Morgan fingerprint density at radius 2 is 1.58 bits per heavy atom. The number of allylic oxidation sites excluding steroid dienone is 1. The maximum atomic E-state index is 11.9. The zero-order valence-corrected chi connectivity index (χ0v) is 15.0. The molecule has 1 heteroatoms. The minimum absolute atomic E-state index is 0.128. The van der Waals surface area contributed by atoms with Gasteiger partial charge in [0, 0.05) is 11.5 Å². The lowest BCUT2D eigenvalue weighted by molar-refractivity contribution is 0.101. The number of hydrogen-bond acceptors (Lipinski definition) is 1. The maximum absolute atomic E-state index is 11.9. The van der Waals surface area contributed by atoms with Gasteiger partial charge < -0.3 is 0 Å². The second kappa shape index (κ2) is 7.13. The van der Waals surface area contributed by atoms with Crippen LogP contribution in [0.3, 0.4) is 0 Å². The molecule has 3 aromatic rings. The number of hydrogen-bond donors (Lipinski definition) is 0. The van der Waals surface area contributed by atoms with E-state index >= 15 is 0 Å². The van der Waals surface area contributed by atoms with Crippen LogP contribution in [-0.4, -0.2) is 5.78 Å². The fourth-order valence-corrected chi connectivity index (χ4v) is 3.84. The molecule has 128 valence electrons. The Morgan fingerprint density at radius 3 is 2.27 bits per heavy atom. The Kier molecular flexibility index (Phi) is 4.53. The van der Waals surface area contributed by atoms with Crippen LogP contribution >= 0.6 is 0 Å². The number of aryl methyl sites for hydroxylation is 1. The van der Waals surface area contributed by atoms with Gasteiger partial charge in [0.2, 0.25) is 0 Å². The van der Waals surface area contributed by atoms with Crippen molar-refractivity contribution in [3.05, 3.63) is 107 Å². The normalized spacial score (nSPS) is 15.4. The van der Waals surface area contributed by atoms with Gasteiger partial charge in [-0.2, -0.15) is 0 Å². The van der Waals surface area contributed by atoms with E-state index in [1.165, 1.54) is 27.8 Å². The van der Waals surface area contributed by atoms with E-state index in [1.807, 2.05) is 6.07 Å². The van der Waals surface area contributed by atoms with Crippen LogP contribution < -0.4 is 0 Å². The first-order valence-corrected chi connectivity index (χ1v) is 9.18. The number of Topliss-reactive ketones (excluding diaryl/α,β-unsaturated/α-hetero) is 1. The van der Waals surface area contributed by atoms with E-state index in [9.17, 15) is 4.79 Å². The first kappa shape index (κ1) is 16.5. The van der Waals surface area contributed by atoms with Crippen molar-refractivity contribution >= 4 is 17.4 Å². The minimum Gasteiger partial charge on any atom is -0.295 e. The van der Waals surface area contributed by atoms with Gasteiger partial charge in [-0.1, -0.05) is 78.9 Å². The number of carbonyl (C=O) groups is 1. The van der Waals surface area contributed by atoms with Crippen molar-refractivity contribution in [2.24, 2.45) is 0 Å². The second-order valence-corrected chi connectivity index (χ2v) is 6.94. The average molecular weight is 338 g/mol. The third-order valence-electron chi connectivity index (χ3n) is 5.23. The molecule has 1 aliphatic carbocycles. The number of fused-ring (bicyclic) bond motifs is 1. The summed E-state index contributed by atoms with van der Waals surface area (Å²) in [5.74, 6) is 0.453. The summed E-state index contributed by atoms with van der Waals surface area (Å²) in [4.78, 5) is 11.9. The third-order valence-corrected chi connectivity index (χ3v) is 5.23. The van der Waals surface area contributed by atoms with Crippen molar-refractivity contribution in [2.45, 2.75) is 25.7 Å². The third kappa shape index (κ3) is 3.25. The van der Waals surface area contributed by atoms with Gasteiger partial charge in [-0.25, -0.2) is 0 Å². The summed E-state index contributed by atoms with van der Waals surface area (Å²) in [6.07, 6.45) is 4.36. The Labute approximate surface area is 155 Å². The molecule has 0 aromatic heterocycles. The van der Waals surface area contributed by atoms with Crippen molar-refractivity contribution in [1.29, 1.82) is 0 Å². The lowest BCUT2D eigenvalue weighted by Gasteiger charge is -2.18. The lowest BCUT2D eigenvalue weighted by atomic mass is 9.86.